The van der Waals surface area contributed by atoms with Gasteiger partial charge < -0.3 is 15.1 Å². The molecule has 3 rings (SSSR count). The van der Waals surface area contributed by atoms with Gasteiger partial charge in [-0.2, -0.15) is 13.2 Å². The molecule has 3 aromatic rings. The van der Waals surface area contributed by atoms with Gasteiger partial charge in [-0.3, -0.25) is 0 Å². The van der Waals surface area contributed by atoms with E-state index in [4.69, 9.17) is 16.6 Å². The molecule has 0 aliphatic carbocycles. The predicted octanol–water partition coefficient (Wildman–Crippen LogP) is 4.76. The lowest BCUT2D eigenvalue weighted by Crippen LogP contribution is -2.19. The third-order valence-corrected chi connectivity index (χ3v) is 3.61. The molecule has 26 heavy (non-hydrogen) atoms. The monoisotopic (exact) mass is 382 g/mol. The molecule has 0 radical (unpaired) electrons. The van der Waals surface area contributed by atoms with Crippen molar-refractivity contribution in [2.75, 3.05) is 10.6 Å². The molecule has 0 unspecified atom stereocenters. The number of alkyl halides is 3. The number of benzene rings is 2. The second-order valence-electron chi connectivity index (χ2n) is 5.27. The van der Waals surface area contributed by atoms with E-state index in [1.807, 2.05) is 0 Å². The Balaban J connectivity index is 1.89. The first-order valence-electron chi connectivity index (χ1n) is 7.21. The van der Waals surface area contributed by atoms with Crippen LogP contribution in [0.3, 0.4) is 0 Å². The zero-order valence-corrected chi connectivity index (χ0v) is 13.7. The van der Waals surface area contributed by atoms with E-state index < -0.39 is 23.2 Å². The lowest BCUT2D eigenvalue weighted by atomic mass is 10.1. The predicted molar refractivity (Wildman–Crippen MR) is 93.7 cm³/mol. The van der Waals surface area contributed by atoms with E-state index in [-0.39, 0.29) is 21.8 Å². The fraction of sp³-hybridized carbons (Fsp3) is 0.0588. The van der Waals surface area contributed by atoms with E-state index in [0.717, 1.165) is 0 Å². The maximum Gasteiger partial charge on any atom is 0.417 e. The molecule has 0 saturated heterocycles. The molecule has 0 spiro atoms. The molecule has 1 aromatic heterocycles. The number of nitrogens with one attached hydrogen (secondary N) is 2. The average molecular weight is 382 g/mol. The van der Waals surface area contributed by atoms with Crippen LogP contribution in [0.5, 0.6) is 0 Å². The quantitative estimate of drug-likeness (QED) is 0.380. The van der Waals surface area contributed by atoms with Gasteiger partial charge >= 0.3 is 11.8 Å². The van der Waals surface area contributed by atoms with Crippen LogP contribution in [0.25, 0.3) is 11.0 Å². The van der Waals surface area contributed by atoms with Crippen LogP contribution >= 0.6 is 12.2 Å². The Morgan fingerprint density at radius 3 is 2.23 bits per heavy atom. The molecule has 0 fully saturated rings. The normalized spacial score (nSPS) is 11.4. The lowest BCUT2D eigenvalue weighted by Gasteiger charge is -2.13. The molecule has 9 heteroatoms. The molecule has 134 valence electrons. The summed E-state index contributed by atoms with van der Waals surface area (Å²) in [6.45, 7) is 0. The maximum absolute atomic E-state index is 13.1. The first kappa shape index (κ1) is 17.9. The van der Waals surface area contributed by atoms with Crippen LogP contribution in [0.15, 0.2) is 57.7 Å². The fourth-order valence-electron chi connectivity index (χ4n) is 2.30. The van der Waals surface area contributed by atoms with Crippen LogP contribution in [0.4, 0.5) is 28.9 Å². The Labute approximate surface area is 149 Å². The zero-order valence-electron chi connectivity index (χ0n) is 12.9. The second-order valence-corrected chi connectivity index (χ2v) is 5.68. The highest BCUT2D eigenvalue weighted by molar-refractivity contribution is 7.80. The number of fused-ring (bicyclic) bond motifs is 1. The van der Waals surface area contributed by atoms with Gasteiger partial charge in [0.1, 0.15) is 11.4 Å². The number of hydrogen-bond acceptors (Lipinski definition) is 3. The third kappa shape index (κ3) is 3.99. The summed E-state index contributed by atoms with van der Waals surface area (Å²) >= 11 is 5.09. The van der Waals surface area contributed by atoms with Crippen molar-refractivity contribution in [3.63, 3.8) is 0 Å². The van der Waals surface area contributed by atoms with Gasteiger partial charge in [0, 0.05) is 22.8 Å². The summed E-state index contributed by atoms with van der Waals surface area (Å²) in [5.74, 6) is -0.412. The molecule has 0 bridgehead atoms. The molecule has 2 aromatic carbocycles. The Hall–Kier alpha value is -2.94. The summed E-state index contributed by atoms with van der Waals surface area (Å²) in [7, 11) is 0. The van der Waals surface area contributed by atoms with Crippen LogP contribution in [-0.4, -0.2) is 5.11 Å². The lowest BCUT2D eigenvalue weighted by molar-refractivity contribution is -0.136. The van der Waals surface area contributed by atoms with Gasteiger partial charge in [-0.25, -0.2) is 9.18 Å². The molecule has 2 N–H and O–H groups in total. The van der Waals surface area contributed by atoms with Gasteiger partial charge in [0.2, 0.25) is 0 Å². The van der Waals surface area contributed by atoms with Crippen molar-refractivity contribution < 1.29 is 22.0 Å². The van der Waals surface area contributed by atoms with Crippen molar-refractivity contribution in [3.05, 3.63) is 70.3 Å². The summed E-state index contributed by atoms with van der Waals surface area (Å²) < 4.78 is 57.1. The largest absolute Gasteiger partial charge is 0.423 e. The first-order chi connectivity index (χ1) is 12.2. The highest BCUT2D eigenvalue weighted by atomic mass is 32.1. The summed E-state index contributed by atoms with van der Waals surface area (Å²) in [5.41, 5.74) is -1.60. The van der Waals surface area contributed by atoms with Crippen LogP contribution in [0.2, 0.25) is 0 Å². The van der Waals surface area contributed by atoms with Crippen molar-refractivity contribution in [2.24, 2.45) is 0 Å². The van der Waals surface area contributed by atoms with Gasteiger partial charge in [0.25, 0.3) is 0 Å². The molecule has 0 aliphatic heterocycles. The minimum atomic E-state index is -4.71. The zero-order chi connectivity index (χ0) is 18.9. The molecule has 0 atom stereocenters. The molecule has 4 nitrogen and oxygen atoms in total. The number of rotatable bonds is 2. The molecule has 0 aliphatic rings. The smallest absolute Gasteiger partial charge is 0.417 e. The first-order valence-corrected chi connectivity index (χ1v) is 7.62. The Morgan fingerprint density at radius 2 is 1.58 bits per heavy atom. The highest BCUT2D eigenvalue weighted by Gasteiger charge is 2.33. The number of anilines is 2. The van der Waals surface area contributed by atoms with E-state index >= 15 is 0 Å². The summed E-state index contributed by atoms with van der Waals surface area (Å²) in [5, 5.41) is 5.33. The number of halogens is 4. The van der Waals surface area contributed by atoms with Crippen LogP contribution in [-0.2, 0) is 6.18 Å². The van der Waals surface area contributed by atoms with E-state index in [1.165, 1.54) is 42.5 Å². The Morgan fingerprint density at radius 1 is 0.962 bits per heavy atom. The molecule has 1 heterocycles. The van der Waals surface area contributed by atoms with Crippen molar-refractivity contribution in [2.45, 2.75) is 6.18 Å². The standard InChI is InChI=1S/C17H10F4N2O2S/c18-9-1-3-10(4-2-9)22-16(26)23-11-5-6-14-12(7-11)13(17(19,20)21)8-15(24)25-14/h1-8H,(H2,22,23,26). The summed E-state index contributed by atoms with van der Waals surface area (Å²) in [4.78, 5) is 11.3. The van der Waals surface area contributed by atoms with E-state index in [9.17, 15) is 22.4 Å². The second kappa shape index (κ2) is 6.75. The van der Waals surface area contributed by atoms with Gasteiger partial charge in [-0.05, 0) is 54.7 Å². The van der Waals surface area contributed by atoms with Crippen molar-refractivity contribution in [1.82, 2.24) is 0 Å². The van der Waals surface area contributed by atoms with Gasteiger partial charge in [0.05, 0.1) is 5.56 Å². The maximum atomic E-state index is 13.1. The molecule has 0 saturated carbocycles. The van der Waals surface area contributed by atoms with E-state index in [2.05, 4.69) is 10.6 Å². The van der Waals surface area contributed by atoms with Crippen LogP contribution < -0.4 is 16.3 Å². The van der Waals surface area contributed by atoms with Gasteiger partial charge in [-0.1, -0.05) is 0 Å². The third-order valence-electron chi connectivity index (χ3n) is 3.41. The minimum absolute atomic E-state index is 0.0990. The Kier molecular flexibility index (Phi) is 4.64. The van der Waals surface area contributed by atoms with Gasteiger partial charge in [0.15, 0.2) is 5.11 Å². The van der Waals surface area contributed by atoms with Crippen molar-refractivity contribution in [3.8, 4) is 0 Å². The molecular weight excluding hydrogens is 372 g/mol. The molecular formula is C17H10F4N2O2S. The van der Waals surface area contributed by atoms with Gasteiger partial charge in [-0.15, -0.1) is 0 Å². The van der Waals surface area contributed by atoms with Crippen LogP contribution in [0.1, 0.15) is 5.56 Å². The highest BCUT2D eigenvalue weighted by Crippen LogP contribution is 2.34. The SMILES string of the molecule is O=c1cc(C(F)(F)F)c2cc(NC(=S)Nc3ccc(F)cc3)ccc2o1. The van der Waals surface area contributed by atoms with Crippen molar-refractivity contribution >= 4 is 39.7 Å². The fourth-order valence-corrected chi connectivity index (χ4v) is 2.54. The number of hydrogen-bond donors (Lipinski definition) is 2. The molecule has 0 amide bonds. The minimum Gasteiger partial charge on any atom is -0.423 e. The van der Waals surface area contributed by atoms with E-state index in [0.29, 0.717) is 11.8 Å². The number of thiocarbonyl (C=S) groups is 1. The van der Waals surface area contributed by atoms with Crippen molar-refractivity contribution in [1.29, 1.82) is 0 Å². The van der Waals surface area contributed by atoms with Crippen LogP contribution in [0, 0.1) is 5.82 Å². The average Bonchev–Trinajstić information content (AvgIpc) is 2.55. The summed E-state index contributed by atoms with van der Waals surface area (Å²) in [6, 6.07) is 9.64. The van der Waals surface area contributed by atoms with E-state index in [1.54, 1.807) is 0 Å². The topological polar surface area (TPSA) is 54.3 Å². The Bertz CT molecular complexity index is 1030. The summed E-state index contributed by atoms with van der Waals surface area (Å²) in [6.07, 6.45) is -4.71.